The highest BCUT2D eigenvalue weighted by Crippen LogP contribution is 2.40. The Bertz CT molecular complexity index is 370. The van der Waals surface area contributed by atoms with Crippen molar-refractivity contribution in [2.24, 2.45) is 0 Å². The summed E-state index contributed by atoms with van der Waals surface area (Å²) in [5.74, 6) is 0. The van der Waals surface area contributed by atoms with Gasteiger partial charge in [-0.05, 0) is 59.2 Å². The number of aromatic nitrogens is 1. The fourth-order valence-electron chi connectivity index (χ4n) is 2.44. The van der Waals surface area contributed by atoms with Crippen LogP contribution in [0.4, 0.5) is 0 Å². The molecule has 2 rings (SSSR count). The van der Waals surface area contributed by atoms with Gasteiger partial charge in [0.1, 0.15) is 0 Å². The lowest BCUT2D eigenvalue weighted by Gasteiger charge is -2.24. The summed E-state index contributed by atoms with van der Waals surface area (Å²) in [6, 6.07) is 3.12. The number of hydrogen-bond donors (Lipinski definition) is 1. The first-order valence-electron chi connectivity index (χ1n) is 5.85. The van der Waals surface area contributed by atoms with Crippen LogP contribution in [0.1, 0.15) is 49.7 Å². The largest absolute Gasteiger partial charge is 0.346 e. The lowest BCUT2D eigenvalue weighted by Crippen LogP contribution is -2.33. The van der Waals surface area contributed by atoms with Gasteiger partial charge in [-0.3, -0.25) is 0 Å². The Balaban J connectivity index is 2.45. The molecule has 1 aliphatic carbocycles. The number of hydrogen-bond acceptors (Lipinski definition) is 1. The number of aryl methyl sites for hydroxylation is 1. The summed E-state index contributed by atoms with van der Waals surface area (Å²) in [5, 5.41) is 3.38. The monoisotopic (exact) mass is 206 g/mol. The maximum atomic E-state index is 3.38. The average Bonchev–Trinajstić information content (AvgIpc) is 2.94. The fourth-order valence-corrected chi connectivity index (χ4v) is 2.44. The van der Waals surface area contributed by atoms with E-state index in [0.29, 0.717) is 0 Å². The Morgan fingerprint density at radius 1 is 1.33 bits per heavy atom. The lowest BCUT2D eigenvalue weighted by atomic mass is 9.95. The van der Waals surface area contributed by atoms with Gasteiger partial charge in [-0.1, -0.05) is 0 Å². The zero-order chi connectivity index (χ0) is 11.2. The van der Waals surface area contributed by atoms with E-state index in [1.807, 2.05) is 7.05 Å². The molecule has 0 unspecified atom stereocenters. The van der Waals surface area contributed by atoms with Crippen molar-refractivity contribution in [1.29, 1.82) is 0 Å². The predicted octanol–water partition coefficient (Wildman–Crippen LogP) is 2.89. The molecule has 1 aromatic rings. The lowest BCUT2D eigenvalue weighted by molar-refractivity contribution is 0.440. The van der Waals surface area contributed by atoms with Crippen LogP contribution in [0, 0.1) is 13.8 Å². The molecule has 15 heavy (non-hydrogen) atoms. The van der Waals surface area contributed by atoms with Gasteiger partial charge in [-0.15, -0.1) is 0 Å². The summed E-state index contributed by atoms with van der Waals surface area (Å²) in [5.41, 5.74) is 4.37. The van der Waals surface area contributed by atoms with Crippen LogP contribution < -0.4 is 5.32 Å². The molecule has 2 nitrogen and oxygen atoms in total. The van der Waals surface area contributed by atoms with Crippen molar-refractivity contribution in [2.75, 3.05) is 7.05 Å². The predicted molar refractivity (Wildman–Crippen MR) is 64.3 cm³/mol. The maximum absolute atomic E-state index is 3.38. The van der Waals surface area contributed by atoms with Crippen molar-refractivity contribution in [3.63, 3.8) is 0 Å². The molecule has 0 atom stereocenters. The summed E-state index contributed by atoms with van der Waals surface area (Å²) in [4.78, 5) is 0. The Morgan fingerprint density at radius 2 is 1.93 bits per heavy atom. The molecular weight excluding hydrogens is 184 g/mol. The molecule has 2 heteroatoms. The summed E-state index contributed by atoms with van der Waals surface area (Å²) in [7, 11) is 2.03. The molecule has 1 N–H and O–H groups in total. The van der Waals surface area contributed by atoms with Gasteiger partial charge in [0.2, 0.25) is 0 Å². The molecule has 1 aromatic heterocycles. The standard InChI is InChI=1S/C13H22N2/c1-9-8-12(13(3,4)14-5)10(2)15(9)11-6-7-11/h8,11,14H,6-7H2,1-5H3. The Morgan fingerprint density at radius 3 is 2.40 bits per heavy atom. The molecule has 0 aromatic carbocycles. The van der Waals surface area contributed by atoms with E-state index < -0.39 is 0 Å². The first-order valence-corrected chi connectivity index (χ1v) is 5.85. The van der Waals surface area contributed by atoms with Crippen molar-refractivity contribution < 1.29 is 0 Å². The molecule has 0 aliphatic heterocycles. The van der Waals surface area contributed by atoms with E-state index in [-0.39, 0.29) is 5.54 Å². The van der Waals surface area contributed by atoms with Crippen LogP contribution in [-0.4, -0.2) is 11.6 Å². The van der Waals surface area contributed by atoms with Gasteiger partial charge in [0.15, 0.2) is 0 Å². The number of nitrogens with zero attached hydrogens (tertiary/aromatic N) is 1. The first-order chi connectivity index (χ1) is 6.97. The van der Waals surface area contributed by atoms with Crippen molar-refractivity contribution in [1.82, 2.24) is 9.88 Å². The zero-order valence-corrected chi connectivity index (χ0v) is 10.5. The van der Waals surface area contributed by atoms with Gasteiger partial charge >= 0.3 is 0 Å². The summed E-state index contributed by atoms with van der Waals surface area (Å²) in [6.07, 6.45) is 2.71. The van der Waals surface area contributed by atoms with E-state index in [1.165, 1.54) is 29.8 Å². The van der Waals surface area contributed by atoms with Gasteiger partial charge in [0.05, 0.1) is 0 Å². The zero-order valence-electron chi connectivity index (χ0n) is 10.5. The van der Waals surface area contributed by atoms with E-state index in [0.717, 1.165) is 6.04 Å². The second-order valence-electron chi connectivity index (χ2n) is 5.26. The molecule has 84 valence electrons. The highest BCUT2D eigenvalue weighted by molar-refractivity contribution is 5.33. The van der Waals surface area contributed by atoms with Gasteiger partial charge < -0.3 is 9.88 Å². The van der Waals surface area contributed by atoms with Gasteiger partial charge in [0.25, 0.3) is 0 Å². The molecule has 0 spiro atoms. The molecule has 1 aliphatic rings. The van der Waals surface area contributed by atoms with E-state index >= 15 is 0 Å². The third-order valence-electron chi connectivity index (χ3n) is 3.69. The summed E-state index contributed by atoms with van der Waals surface area (Å²) < 4.78 is 2.51. The van der Waals surface area contributed by atoms with E-state index in [4.69, 9.17) is 0 Å². The van der Waals surface area contributed by atoms with Gasteiger partial charge in [-0.25, -0.2) is 0 Å². The third-order valence-corrected chi connectivity index (χ3v) is 3.69. The van der Waals surface area contributed by atoms with E-state index in [2.05, 4.69) is 43.6 Å². The minimum absolute atomic E-state index is 0.0784. The van der Waals surface area contributed by atoms with Crippen molar-refractivity contribution in [3.8, 4) is 0 Å². The summed E-state index contributed by atoms with van der Waals surface area (Å²) in [6.45, 7) is 8.96. The van der Waals surface area contributed by atoms with Crippen LogP contribution >= 0.6 is 0 Å². The molecular formula is C13H22N2. The second-order valence-corrected chi connectivity index (χ2v) is 5.26. The fraction of sp³-hybridized carbons (Fsp3) is 0.692. The SMILES string of the molecule is CNC(C)(C)c1cc(C)n(C2CC2)c1C. The van der Waals surface area contributed by atoms with Crippen molar-refractivity contribution >= 4 is 0 Å². The highest BCUT2D eigenvalue weighted by atomic mass is 15.1. The van der Waals surface area contributed by atoms with E-state index in [1.54, 1.807) is 0 Å². The topological polar surface area (TPSA) is 17.0 Å². The van der Waals surface area contributed by atoms with Gasteiger partial charge in [0, 0.05) is 23.0 Å². The number of nitrogens with one attached hydrogen (secondary N) is 1. The van der Waals surface area contributed by atoms with Crippen LogP contribution in [0.25, 0.3) is 0 Å². The smallest absolute Gasteiger partial charge is 0.0392 e. The molecule has 0 amide bonds. The van der Waals surface area contributed by atoms with Crippen molar-refractivity contribution in [3.05, 3.63) is 23.0 Å². The molecule has 1 heterocycles. The highest BCUT2D eigenvalue weighted by Gasteiger charge is 2.30. The number of rotatable bonds is 3. The third kappa shape index (κ3) is 1.71. The normalized spacial score (nSPS) is 17.1. The molecule has 0 saturated heterocycles. The minimum atomic E-state index is 0.0784. The molecule has 0 bridgehead atoms. The Hall–Kier alpha value is -0.760. The molecule has 1 fully saturated rings. The van der Waals surface area contributed by atoms with Crippen LogP contribution in [0.5, 0.6) is 0 Å². The van der Waals surface area contributed by atoms with E-state index in [9.17, 15) is 0 Å². The average molecular weight is 206 g/mol. The summed E-state index contributed by atoms with van der Waals surface area (Å²) >= 11 is 0. The quantitative estimate of drug-likeness (QED) is 0.804. The molecule has 1 saturated carbocycles. The Kier molecular flexibility index (Phi) is 2.42. The Labute approximate surface area is 92.7 Å². The van der Waals surface area contributed by atoms with Crippen LogP contribution in [0.15, 0.2) is 6.07 Å². The van der Waals surface area contributed by atoms with Crippen LogP contribution in [-0.2, 0) is 5.54 Å². The van der Waals surface area contributed by atoms with Crippen molar-refractivity contribution in [2.45, 2.75) is 52.1 Å². The van der Waals surface area contributed by atoms with Crippen LogP contribution in [0.2, 0.25) is 0 Å². The molecule has 0 radical (unpaired) electrons. The second kappa shape index (κ2) is 3.38. The first kappa shape index (κ1) is 10.7. The van der Waals surface area contributed by atoms with Gasteiger partial charge in [-0.2, -0.15) is 0 Å². The minimum Gasteiger partial charge on any atom is -0.346 e. The maximum Gasteiger partial charge on any atom is 0.0392 e. The van der Waals surface area contributed by atoms with Crippen LogP contribution in [0.3, 0.4) is 0 Å².